The second-order valence-corrected chi connectivity index (χ2v) is 5.79. The molecule has 3 heteroatoms. The van der Waals surface area contributed by atoms with E-state index in [1.807, 2.05) is 11.3 Å². The van der Waals surface area contributed by atoms with Crippen LogP contribution in [-0.2, 0) is 6.42 Å². The van der Waals surface area contributed by atoms with E-state index in [-0.39, 0.29) is 0 Å². The molecule has 1 aromatic heterocycles. The Kier molecular flexibility index (Phi) is 2.88. The number of nitrogens with one attached hydrogen (secondary N) is 1. The van der Waals surface area contributed by atoms with Gasteiger partial charge in [0.05, 0.1) is 10.7 Å². The zero-order valence-corrected chi connectivity index (χ0v) is 9.95. The molecule has 2 rings (SSSR count). The maximum atomic E-state index is 4.75. The van der Waals surface area contributed by atoms with Gasteiger partial charge in [-0.1, -0.05) is 13.8 Å². The van der Waals surface area contributed by atoms with Crippen LogP contribution in [0.1, 0.15) is 35.3 Å². The molecule has 0 aliphatic carbocycles. The molecule has 2 nitrogen and oxygen atoms in total. The van der Waals surface area contributed by atoms with Crippen molar-refractivity contribution < 1.29 is 0 Å². The molecule has 1 aliphatic heterocycles. The predicted octanol–water partition coefficient (Wildman–Crippen LogP) is 2.34. The van der Waals surface area contributed by atoms with Crippen LogP contribution in [0.5, 0.6) is 0 Å². The lowest BCUT2D eigenvalue weighted by molar-refractivity contribution is 0.439. The highest BCUT2D eigenvalue weighted by Crippen LogP contribution is 2.28. The van der Waals surface area contributed by atoms with Crippen LogP contribution < -0.4 is 5.32 Å². The summed E-state index contributed by atoms with van der Waals surface area (Å²) in [6.45, 7) is 8.94. The van der Waals surface area contributed by atoms with Gasteiger partial charge in [-0.2, -0.15) is 0 Å². The Morgan fingerprint density at radius 1 is 1.50 bits per heavy atom. The van der Waals surface area contributed by atoms with Crippen molar-refractivity contribution in [2.75, 3.05) is 13.1 Å². The third-order valence-corrected chi connectivity index (χ3v) is 3.64. The SMILES string of the molecule is Cc1sc(CC(C)C)nc1C1CNC1. The van der Waals surface area contributed by atoms with Crippen LogP contribution in [0, 0.1) is 12.8 Å². The molecule has 2 heterocycles. The maximum absolute atomic E-state index is 4.75. The minimum Gasteiger partial charge on any atom is -0.315 e. The van der Waals surface area contributed by atoms with Gasteiger partial charge in [0.2, 0.25) is 0 Å². The summed E-state index contributed by atoms with van der Waals surface area (Å²) in [5.41, 5.74) is 1.35. The highest BCUT2D eigenvalue weighted by molar-refractivity contribution is 7.11. The van der Waals surface area contributed by atoms with Crippen LogP contribution in [0.3, 0.4) is 0 Å². The fourth-order valence-corrected chi connectivity index (χ4v) is 2.99. The van der Waals surface area contributed by atoms with Gasteiger partial charge < -0.3 is 5.32 Å². The summed E-state index contributed by atoms with van der Waals surface area (Å²) in [7, 11) is 0. The average molecular weight is 210 g/mol. The first-order chi connectivity index (χ1) is 6.66. The average Bonchev–Trinajstić information content (AvgIpc) is 2.27. The van der Waals surface area contributed by atoms with Gasteiger partial charge in [0.25, 0.3) is 0 Å². The van der Waals surface area contributed by atoms with Crippen LogP contribution in [0.25, 0.3) is 0 Å². The number of hydrogen-bond donors (Lipinski definition) is 1. The normalized spacial score (nSPS) is 17.4. The van der Waals surface area contributed by atoms with Crippen molar-refractivity contribution in [3.05, 3.63) is 15.6 Å². The predicted molar refractivity (Wildman–Crippen MR) is 61.0 cm³/mol. The van der Waals surface area contributed by atoms with Crippen molar-refractivity contribution in [1.82, 2.24) is 10.3 Å². The topological polar surface area (TPSA) is 24.9 Å². The Labute approximate surface area is 89.8 Å². The lowest BCUT2D eigenvalue weighted by Gasteiger charge is -2.26. The monoisotopic (exact) mass is 210 g/mol. The molecule has 1 fully saturated rings. The van der Waals surface area contributed by atoms with E-state index >= 15 is 0 Å². The molecular weight excluding hydrogens is 192 g/mol. The molecule has 0 atom stereocenters. The van der Waals surface area contributed by atoms with E-state index in [9.17, 15) is 0 Å². The van der Waals surface area contributed by atoms with E-state index in [4.69, 9.17) is 4.98 Å². The molecule has 0 amide bonds. The van der Waals surface area contributed by atoms with Crippen molar-refractivity contribution >= 4 is 11.3 Å². The van der Waals surface area contributed by atoms with Crippen molar-refractivity contribution in [3.63, 3.8) is 0 Å². The van der Waals surface area contributed by atoms with Gasteiger partial charge in [-0.25, -0.2) is 4.98 Å². The summed E-state index contributed by atoms with van der Waals surface area (Å²) in [6, 6.07) is 0. The molecule has 1 saturated heterocycles. The highest BCUT2D eigenvalue weighted by Gasteiger charge is 2.23. The van der Waals surface area contributed by atoms with E-state index in [1.165, 1.54) is 15.6 Å². The number of nitrogens with zero attached hydrogens (tertiary/aromatic N) is 1. The van der Waals surface area contributed by atoms with Crippen molar-refractivity contribution in [1.29, 1.82) is 0 Å². The quantitative estimate of drug-likeness (QED) is 0.828. The van der Waals surface area contributed by atoms with E-state index in [1.54, 1.807) is 0 Å². The molecular formula is C11H18N2S. The van der Waals surface area contributed by atoms with Crippen molar-refractivity contribution in [3.8, 4) is 0 Å². The molecule has 0 saturated carbocycles. The van der Waals surface area contributed by atoms with E-state index in [0.717, 1.165) is 19.5 Å². The fourth-order valence-electron chi connectivity index (χ4n) is 1.76. The van der Waals surface area contributed by atoms with Gasteiger partial charge >= 0.3 is 0 Å². The summed E-state index contributed by atoms with van der Waals surface area (Å²) in [5.74, 6) is 1.40. The third-order valence-electron chi connectivity index (χ3n) is 2.63. The molecule has 0 bridgehead atoms. The first-order valence-electron chi connectivity index (χ1n) is 5.33. The minimum absolute atomic E-state index is 0.687. The number of aromatic nitrogens is 1. The lowest BCUT2D eigenvalue weighted by Crippen LogP contribution is -2.40. The summed E-state index contributed by atoms with van der Waals surface area (Å²) < 4.78 is 0. The van der Waals surface area contributed by atoms with E-state index in [0.29, 0.717) is 11.8 Å². The van der Waals surface area contributed by atoms with Crippen LogP contribution in [0.2, 0.25) is 0 Å². The van der Waals surface area contributed by atoms with Crippen LogP contribution in [0.15, 0.2) is 0 Å². The van der Waals surface area contributed by atoms with Crippen LogP contribution >= 0.6 is 11.3 Å². The summed E-state index contributed by atoms with van der Waals surface area (Å²) in [6.07, 6.45) is 1.13. The first kappa shape index (κ1) is 10.1. The van der Waals surface area contributed by atoms with Crippen molar-refractivity contribution in [2.24, 2.45) is 5.92 Å². The summed E-state index contributed by atoms with van der Waals surface area (Å²) >= 11 is 1.88. The molecule has 14 heavy (non-hydrogen) atoms. The van der Waals surface area contributed by atoms with Gasteiger partial charge in [0.1, 0.15) is 0 Å². The molecule has 0 unspecified atom stereocenters. The molecule has 0 radical (unpaired) electrons. The van der Waals surface area contributed by atoms with Crippen LogP contribution in [0.4, 0.5) is 0 Å². The van der Waals surface area contributed by atoms with Gasteiger partial charge in [-0.15, -0.1) is 11.3 Å². The van der Waals surface area contributed by atoms with E-state index in [2.05, 4.69) is 26.1 Å². The number of rotatable bonds is 3. The summed E-state index contributed by atoms with van der Waals surface area (Å²) in [5, 5.41) is 4.62. The Bertz CT molecular complexity index is 313. The molecule has 0 aromatic carbocycles. The number of thiazole rings is 1. The largest absolute Gasteiger partial charge is 0.315 e. The van der Waals surface area contributed by atoms with Crippen molar-refractivity contribution in [2.45, 2.75) is 33.1 Å². The Morgan fingerprint density at radius 3 is 2.71 bits per heavy atom. The zero-order valence-electron chi connectivity index (χ0n) is 9.13. The van der Waals surface area contributed by atoms with Gasteiger partial charge in [0, 0.05) is 30.3 Å². The second-order valence-electron chi connectivity index (χ2n) is 4.50. The van der Waals surface area contributed by atoms with Gasteiger partial charge in [0.15, 0.2) is 0 Å². The number of hydrogen-bond acceptors (Lipinski definition) is 3. The Balaban J connectivity index is 2.12. The third kappa shape index (κ3) is 1.98. The number of aryl methyl sites for hydroxylation is 1. The second kappa shape index (κ2) is 3.99. The minimum atomic E-state index is 0.687. The smallest absolute Gasteiger partial charge is 0.0933 e. The molecule has 0 spiro atoms. The lowest BCUT2D eigenvalue weighted by atomic mass is 9.99. The van der Waals surface area contributed by atoms with E-state index < -0.39 is 0 Å². The molecule has 1 N–H and O–H groups in total. The highest BCUT2D eigenvalue weighted by atomic mass is 32.1. The first-order valence-corrected chi connectivity index (χ1v) is 6.15. The Hall–Kier alpha value is -0.410. The molecule has 1 aromatic rings. The molecule has 78 valence electrons. The summed E-state index contributed by atoms with van der Waals surface area (Å²) in [4.78, 5) is 6.17. The zero-order chi connectivity index (χ0) is 10.1. The molecule has 1 aliphatic rings. The Morgan fingerprint density at radius 2 is 2.21 bits per heavy atom. The van der Waals surface area contributed by atoms with Crippen LogP contribution in [-0.4, -0.2) is 18.1 Å². The van der Waals surface area contributed by atoms with Gasteiger partial charge in [-0.3, -0.25) is 0 Å². The standard InChI is InChI=1S/C11H18N2S/c1-7(2)4-10-13-11(8(3)14-10)9-5-12-6-9/h7,9,12H,4-6H2,1-3H3. The maximum Gasteiger partial charge on any atom is 0.0933 e. The van der Waals surface area contributed by atoms with Gasteiger partial charge in [-0.05, 0) is 12.8 Å². The fraction of sp³-hybridized carbons (Fsp3) is 0.727.